The van der Waals surface area contributed by atoms with Gasteiger partial charge in [-0.3, -0.25) is 9.36 Å². The first-order valence-corrected chi connectivity index (χ1v) is 13.4. The molecule has 0 radical (unpaired) electrons. The standard InChI is InChI=1S/C26H26F4N8O6/c27-15-4-12(3-14(5-15)26(28,29)30)6-31-23(42)13-7-33-38(8-13)25-35-21(34-16-1-2-43-10-16)18-22(36-25)37(11-32-18)24-20(41)19(40)17(9-39)44-24/h3-5,7-8,11,16-17,19-20,24,39-41H,1-2,6,9-10H2,(H,31,42)(H,34,35,36)/t16?,17-,19-,20-,24-/m1/s1. The zero-order valence-corrected chi connectivity index (χ0v) is 22.6. The van der Waals surface area contributed by atoms with Gasteiger partial charge in [-0.2, -0.15) is 28.2 Å². The van der Waals surface area contributed by atoms with Gasteiger partial charge in [-0.25, -0.2) is 14.1 Å². The normalized spacial score (nSPS) is 23.8. The number of amides is 1. The highest BCUT2D eigenvalue weighted by molar-refractivity contribution is 5.93. The molecule has 0 bridgehead atoms. The van der Waals surface area contributed by atoms with Gasteiger partial charge in [0.15, 0.2) is 23.2 Å². The molecule has 4 aromatic rings. The summed E-state index contributed by atoms with van der Waals surface area (Å²) in [5, 5.41) is 40.2. The Labute approximate surface area is 245 Å². The summed E-state index contributed by atoms with van der Waals surface area (Å²) < 4.78 is 66.5. The van der Waals surface area contributed by atoms with E-state index in [1.54, 1.807) is 0 Å². The molecular formula is C26H26F4N8O6. The molecule has 2 aliphatic rings. The number of carbonyl (C=O) groups excluding carboxylic acids is 1. The maximum atomic E-state index is 13.7. The van der Waals surface area contributed by atoms with Crippen molar-refractivity contribution in [3.8, 4) is 5.95 Å². The number of nitrogens with zero attached hydrogens (tertiary/aromatic N) is 6. The van der Waals surface area contributed by atoms with E-state index in [4.69, 9.17) is 9.47 Å². The number of imidazole rings is 1. The molecule has 3 aromatic heterocycles. The summed E-state index contributed by atoms with van der Waals surface area (Å²) in [7, 11) is 0. The van der Waals surface area contributed by atoms with Crippen molar-refractivity contribution in [3.05, 3.63) is 59.4 Å². The van der Waals surface area contributed by atoms with Crippen molar-refractivity contribution in [2.75, 3.05) is 25.1 Å². The second-order valence-electron chi connectivity index (χ2n) is 10.3. The average molecular weight is 623 g/mol. The molecule has 6 rings (SSSR count). The van der Waals surface area contributed by atoms with Crippen LogP contribution in [0.1, 0.15) is 34.1 Å². The fourth-order valence-electron chi connectivity index (χ4n) is 5.00. The predicted molar refractivity (Wildman–Crippen MR) is 141 cm³/mol. The van der Waals surface area contributed by atoms with E-state index in [0.717, 1.165) is 12.1 Å². The maximum Gasteiger partial charge on any atom is 0.416 e. The number of aliphatic hydroxyl groups is 3. The predicted octanol–water partition coefficient (Wildman–Crippen LogP) is 0.912. The summed E-state index contributed by atoms with van der Waals surface area (Å²) in [6.45, 7) is 0.0457. The first kappa shape index (κ1) is 29.8. The summed E-state index contributed by atoms with van der Waals surface area (Å²) in [5.41, 5.74) is -0.767. The molecule has 234 valence electrons. The lowest BCUT2D eigenvalue weighted by atomic mass is 10.1. The first-order valence-electron chi connectivity index (χ1n) is 13.4. The fourth-order valence-corrected chi connectivity index (χ4v) is 5.00. The highest BCUT2D eigenvalue weighted by Crippen LogP contribution is 2.33. The minimum absolute atomic E-state index is 0.0109. The number of ether oxygens (including phenoxy) is 2. The topological polar surface area (TPSA) is 182 Å². The van der Waals surface area contributed by atoms with Crippen LogP contribution in [-0.2, 0) is 22.2 Å². The van der Waals surface area contributed by atoms with Crippen LogP contribution < -0.4 is 10.6 Å². The lowest BCUT2D eigenvalue weighted by Gasteiger charge is -2.17. The van der Waals surface area contributed by atoms with Crippen molar-refractivity contribution in [3.63, 3.8) is 0 Å². The Morgan fingerprint density at radius 1 is 1.16 bits per heavy atom. The van der Waals surface area contributed by atoms with E-state index in [1.165, 1.54) is 28.0 Å². The molecule has 2 fully saturated rings. The molecule has 2 aliphatic heterocycles. The number of halogens is 4. The smallest absolute Gasteiger partial charge is 0.394 e. The highest BCUT2D eigenvalue weighted by atomic mass is 19.4. The van der Waals surface area contributed by atoms with E-state index in [-0.39, 0.29) is 35.3 Å². The molecule has 18 heteroatoms. The van der Waals surface area contributed by atoms with E-state index in [1.807, 2.05) is 0 Å². The molecule has 0 saturated carbocycles. The van der Waals surface area contributed by atoms with Crippen molar-refractivity contribution < 1.29 is 47.1 Å². The van der Waals surface area contributed by atoms with Crippen LogP contribution in [0.2, 0.25) is 0 Å². The van der Waals surface area contributed by atoms with Gasteiger partial charge in [0.05, 0.1) is 42.9 Å². The molecule has 2 saturated heterocycles. The minimum atomic E-state index is -4.75. The van der Waals surface area contributed by atoms with Gasteiger partial charge in [-0.05, 0) is 30.2 Å². The van der Waals surface area contributed by atoms with E-state index < -0.39 is 54.6 Å². The van der Waals surface area contributed by atoms with Crippen LogP contribution in [0.3, 0.4) is 0 Å². The Morgan fingerprint density at radius 3 is 2.68 bits per heavy atom. The van der Waals surface area contributed by atoms with Crippen molar-refractivity contribution in [2.45, 2.75) is 49.7 Å². The van der Waals surface area contributed by atoms with Crippen LogP contribution >= 0.6 is 0 Å². The number of carbonyl (C=O) groups is 1. The summed E-state index contributed by atoms with van der Waals surface area (Å²) in [5.74, 6) is -1.52. The summed E-state index contributed by atoms with van der Waals surface area (Å²) in [4.78, 5) is 26.2. The largest absolute Gasteiger partial charge is 0.416 e. The van der Waals surface area contributed by atoms with Crippen LogP contribution in [0.15, 0.2) is 36.9 Å². The van der Waals surface area contributed by atoms with Crippen LogP contribution in [-0.4, -0.2) is 94.7 Å². The minimum Gasteiger partial charge on any atom is -0.394 e. The first-order chi connectivity index (χ1) is 21.0. The molecule has 1 aromatic carbocycles. The number of benzene rings is 1. The monoisotopic (exact) mass is 622 g/mol. The number of alkyl halides is 3. The van der Waals surface area contributed by atoms with E-state index in [0.29, 0.717) is 37.0 Å². The van der Waals surface area contributed by atoms with Crippen molar-refractivity contribution >= 4 is 22.9 Å². The van der Waals surface area contributed by atoms with Crippen LogP contribution in [0, 0.1) is 5.82 Å². The molecule has 5 heterocycles. The Bertz CT molecular complexity index is 1670. The molecule has 5 atom stereocenters. The lowest BCUT2D eigenvalue weighted by Crippen LogP contribution is -2.33. The molecule has 0 aliphatic carbocycles. The SMILES string of the molecule is O=C(NCc1cc(F)cc(C(F)(F)F)c1)c1cnn(-c2nc(NC3CCOC3)c3ncn([C@@H]4O[C@H](CO)[C@@H](O)[C@H]4O)c3n2)c1. The van der Waals surface area contributed by atoms with E-state index in [2.05, 4.69) is 30.7 Å². The van der Waals surface area contributed by atoms with Gasteiger partial charge in [0.2, 0.25) is 0 Å². The van der Waals surface area contributed by atoms with Crippen LogP contribution in [0.4, 0.5) is 23.4 Å². The van der Waals surface area contributed by atoms with Gasteiger partial charge in [-0.1, -0.05) is 0 Å². The number of aromatic nitrogens is 6. The Balaban J connectivity index is 1.28. The van der Waals surface area contributed by atoms with Gasteiger partial charge >= 0.3 is 6.18 Å². The Hall–Kier alpha value is -4.23. The summed E-state index contributed by atoms with van der Waals surface area (Å²) >= 11 is 0. The van der Waals surface area contributed by atoms with Crippen molar-refractivity contribution in [1.29, 1.82) is 0 Å². The average Bonchev–Trinajstić information content (AvgIpc) is 3.79. The number of nitrogens with one attached hydrogen (secondary N) is 2. The molecule has 5 N–H and O–H groups in total. The van der Waals surface area contributed by atoms with E-state index >= 15 is 0 Å². The molecule has 0 spiro atoms. The van der Waals surface area contributed by atoms with Crippen molar-refractivity contribution in [2.24, 2.45) is 0 Å². The van der Waals surface area contributed by atoms with E-state index in [9.17, 15) is 37.7 Å². The third kappa shape index (κ3) is 5.81. The lowest BCUT2D eigenvalue weighted by molar-refractivity contribution is -0.137. The number of aliphatic hydroxyl groups excluding tert-OH is 3. The third-order valence-corrected chi connectivity index (χ3v) is 7.26. The van der Waals surface area contributed by atoms with Crippen LogP contribution in [0.5, 0.6) is 0 Å². The molecule has 14 nitrogen and oxygen atoms in total. The van der Waals surface area contributed by atoms with Gasteiger partial charge in [-0.15, -0.1) is 0 Å². The maximum absolute atomic E-state index is 13.7. The van der Waals surface area contributed by atoms with Gasteiger partial charge in [0.25, 0.3) is 11.9 Å². The van der Waals surface area contributed by atoms with Gasteiger partial charge in [0, 0.05) is 19.3 Å². The van der Waals surface area contributed by atoms with Gasteiger partial charge < -0.3 is 35.4 Å². The highest BCUT2D eigenvalue weighted by Gasteiger charge is 2.44. The fraction of sp³-hybridized carbons (Fsp3) is 0.423. The molecular weight excluding hydrogens is 596 g/mol. The number of anilines is 1. The van der Waals surface area contributed by atoms with Gasteiger partial charge in [0.1, 0.15) is 24.1 Å². The van der Waals surface area contributed by atoms with Crippen LogP contribution in [0.25, 0.3) is 17.1 Å². The second kappa shape index (κ2) is 11.7. The summed E-state index contributed by atoms with van der Waals surface area (Å²) in [6.07, 6.45) is -5.19. The number of rotatable bonds is 8. The third-order valence-electron chi connectivity index (χ3n) is 7.26. The second-order valence-corrected chi connectivity index (χ2v) is 10.3. The quantitative estimate of drug-likeness (QED) is 0.176. The number of fused-ring (bicyclic) bond motifs is 1. The molecule has 1 unspecified atom stereocenters. The number of hydrogen-bond acceptors (Lipinski definition) is 11. The molecule has 1 amide bonds. The Morgan fingerprint density at radius 2 is 1.98 bits per heavy atom. The zero-order chi connectivity index (χ0) is 31.2. The van der Waals surface area contributed by atoms with Crippen molar-refractivity contribution in [1.82, 2.24) is 34.6 Å². The number of hydrogen-bond donors (Lipinski definition) is 5. The Kier molecular flexibility index (Phi) is 7.93. The molecule has 44 heavy (non-hydrogen) atoms. The zero-order valence-electron chi connectivity index (χ0n) is 22.6. The summed E-state index contributed by atoms with van der Waals surface area (Å²) in [6, 6.07) is 1.91.